The molecule has 0 bridgehead atoms. The highest BCUT2D eigenvalue weighted by molar-refractivity contribution is 7.89. The van der Waals surface area contributed by atoms with Crippen molar-refractivity contribution in [1.82, 2.24) is 4.72 Å². The third kappa shape index (κ3) is 5.24. The van der Waals surface area contributed by atoms with Crippen molar-refractivity contribution in [2.75, 3.05) is 23.9 Å². The summed E-state index contributed by atoms with van der Waals surface area (Å²) in [5.74, 6) is 0.229. The minimum absolute atomic E-state index is 0.0359. The standard InChI is InChI=1S/C23H23N3O6S/c1-31-19-8-6-18(7-9-19)26-15-16(13-22(26)27)23(28)25-17-4-10-21(11-5-17)33(29,30)24-14-20-3-2-12-32-20/h2-12,16,24H,13-15H2,1H3,(H,25,28). The first kappa shape index (κ1) is 22.6. The predicted molar refractivity (Wildman–Crippen MR) is 121 cm³/mol. The molecule has 9 nitrogen and oxygen atoms in total. The van der Waals surface area contributed by atoms with Gasteiger partial charge in [-0.05, 0) is 60.7 Å². The minimum Gasteiger partial charge on any atom is -0.497 e. The quantitative estimate of drug-likeness (QED) is 0.524. The zero-order valence-corrected chi connectivity index (χ0v) is 18.7. The molecule has 33 heavy (non-hydrogen) atoms. The minimum atomic E-state index is -3.73. The Morgan fingerprint density at radius 3 is 2.48 bits per heavy atom. The number of nitrogens with one attached hydrogen (secondary N) is 2. The fourth-order valence-corrected chi connectivity index (χ4v) is 4.51. The van der Waals surface area contributed by atoms with Crippen LogP contribution in [0, 0.1) is 5.92 Å². The van der Waals surface area contributed by atoms with Gasteiger partial charge in [-0.15, -0.1) is 0 Å². The van der Waals surface area contributed by atoms with Gasteiger partial charge in [-0.3, -0.25) is 9.59 Å². The van der Waals surface area contributed by atoms with Gasteiger partial charge in [0.1, 0.15) is 11.5 Å². The highest BCUT2D eigenvalue weighted by Crippen LogP contribution is 2.27. The molecule has 1 aliphatic heterocycles. The Bertz CT molecular complexity index is 1220. The number of carbonyl (C=O) groups is 2. The molecule has 3 aromatic rings. The van der Waals surface area contributed by atoms with Crippen molar-refractivity contribution >= 4 is 33.2 Å². The van der Waals surface area contributed by atoms with Crippen LogP contribution >= 0.6 is 0 Å². The zero-order valence-electron chi connectivity index (χ0n) is 17.9. The fourth-order valence-electron chi connectivity index (χ4n) is 3.52. The van der Waals surface area contributed by atoms with Crippen molar-refractivity contribution < 1.29 is 27.2 Å². The summed E-state index contributed by atoms with van der Waals surface area (Å²) in [6.45, 7) is 0.300. The van der Waals surface area contributed by atoms with Crippen molar-refractivity contribution in [3.8, 4) is 5.75 Å². The maximum atomic E-state index is 12.7. The Hall–Kier alpha value is -3.63. The fraction of sp³-hybridized carbons (Fsp3) is 0.217. The van der Waals surface area contributed by atoms with Gasteiger partial charge in [-0.2, -0.15) is 0 Å². The molecule has 0 spiro atoms. The summed E-state index contributed by atoms with van der Waals surface area (Å²) in [5.41, 5.74) is 1.15. The molecule has 172 valence electrons. The van der Waals surface area contributed by atoms with E-state index in [4.69, 9.17) is 9.15 Å². The lowest BCUT2D eigenvalue weighted by Crippen LogP contribution is -2.28. The highest BCUT2D eigenvalue weighted by Gasteiger charge is 2.35. The van der Waals surface area contributed by atoms with Crippen molar-refractivity contribution in [1.29, 1.82) is 0 Å². The number of nitrogens with zero attached hydrogens (tertiary/aromatic N) is 1. The van der Waals surface area contributed by atoms with Crippen LogP contribution in [0.25, 0.3) is 0 Å². The number of carbonyl (C=O) groups excluding carboxylic acids is 2. The van der Waals surface area contributed by atoms with Crippen molar-refractivity contribution in [2.24, 2.45) is 5.92 Å². The van der Waals surface area contributed by atoms with Crippen LogP contribution in [0.5, 0.6) is 5.75 Å². The van der Waals surface area contributed by atoms with Crippen LogP contribution in [-0.2, 0) is 26.2 Å². The van der Waals surface area contributed by atoms with Gasteiger partial charge in [0.2, 0.25) is 21.8 Å². The van der Waals surface area contributed by atoms with Crippen LogP contribution in [0.4, 0.5) is 11.4 Å². The topological polar surface area (TPSA) is 118 Å². The van der Waals surface area contributed by atoms with Gasteiger partial charge in [-0.25, -0.2) is 13.1 Å². The Balaban J connectivity index is 1.36. The molecule has 0 aliphatic carbocycles. The maximum Gasteiger partial charge on any atom is 0.240 e. The third-order valence-electron chi connectivity index (χ3n) is 5.33. The average molecular weight is 470 g/mol. The van der Waals surface area contributed by atoms with Gasteiger partial charge in [0.05, 0.1) is 30.7 Å². The average Bonchev–Trinajstić information content (AvgIpc) is 3.48. The van der Waals surface area contributed by atoms with E-state index in [-0.39, 0.29) is 36.2 Å². The number of methoxy groups -OCH3 is 1. The van der Waals surface area contributed by atoms with E-state index in [1.165, 1.54) is 30.5 Å². The summed E-state index contributed by atoms with van der Waals surface area (Å²) < 4.78 is 37.6. The van der Waals surface area contributed by atoms with E-state index in [1.54, 1.807) is 48.4 Å². The number of amides is 2. The van der Waals surface area contributed by atoms with Crippen molar-refractivity contribution in [3.63, 3.8) is 0 Å². The van der Waals surface area contributed by atoms with E-state index in [2.05, 4.69) is 10.0 Å². The molecule has 1 aliphatic rings. The number of benzene rings is 2. The van der Waals surface area contributed by atoms with Crippen molar-refractivity contribution in [3.05, 3.63) is 72.7 Å². The molecule has 1 atom stereocenters. The summed E-state index contributed by atoms with van der Waals surface area (Å²) in [5, 5.41) is 2.76. The van der Waals surface area contributed by atoms with Crippen LogP contribution in [-0.4, -0.2) is 33.9 Å². The smallest absolute Gasteiger partial charge is 0.240 e. The number of furan rings is 1. The Morgan fingerprint density at radius 1 is 1.12 bits per heavy atom. The van der Waals surface area contributed by atoms with Crippen LogP contribution in [0.1, 0.15) is 12.2 Å². The van der Waals surface area contributed by atoms with Gasteiger partial charge >= 0.3 is 0 Å². The molecule has 2 heterocycles. The molecule has 2 amide bonds. The largest absolute Gasteiger partial charge is 0.497 e. The van der Waals surface area contributed by atoms with Crippen LogP contribution < -0.4 is 19.7 Å². The maximum absolute atomic E-state index is 12.7. The number of sulfonamides is 1. The molecule has 1 aromatic heterocycles. The van der Waals surface area contributed by atoms with E-state index < -0.39 is 15.9 Å². The number of ether oxygens (including phenoxy) is 1. The predicted octanol–water partition coefficient (Wildman–Crippen LogP) is 2.76. The summed E-state index contributed by atoms with van der Waals surface area (Å²) in [7, 11) is -2.17. The van der Waals surface area contributed by atoms with Crippen molar-refractivity contribution in [2.45, 2.75) is 17.9 Å². The highest BCUT2D eigenvalue weighted by atomic mass is 32.2. The summed E-state index contributed by atoms with van der Waals surface area (Å²) >= 11 is 0. The van der Waals surface area contributed by atoms with Gasteiger partial charge < -0.3 is 19.4 Å². The van der Waals surface area contributed by atoms with E-state index in [9.17, 15) is 18.0 Å². The number of anilines is 2. The molecule has 4 rings (SSSR count). The number of hydrogen-bond acceptors (Lipinski definition) is 6. The first-order valence-electron chi connectivity index (χ1n) is 10.2. The van der Waals surface area contributed by atoms with Crippen LogP contribution in [0.3, 0.4) is 0 Å². The molecule has 1 unspecified atom stereocenters. The first-order valence-corrected chi connectivity index (χ1v) is 11.7. The van der Waals surface area contributed by atoms with Gasteiger partial charge in [0, 0.05) is 24.3 Å². The summed E-state index contributed by atoms with van der Waals surface area (Å²) in [6.07, 6.45) is 1.57. The van der Waals surface area contributed by atoms with Crippen LogP contribution in [0.15, 0.2) is 76.2 Å². The summed E-state index contributed by atoms with van der Waals surface area (Å²) in [4.78, 5) is 26.8. The second-order valence-electron chi connectivity index (χ2n) is 7.52. The lowest BCUT2D eigenvalue weighted by atomic mass is 10.1. The Morgan fingerprint density at radius 2 is 1.85 bits per heavy atom. The second kappa shape index (κ2) is 9.47. The van der Waals surface area contributed by atoms with Gasteiger partial charge in [0.15, 0.2) is 0 Å². The Kier molecular flexibility index (Phi) is 6.47. The molecule has 2 N–H and O–H groups in total. The SMILES string of the molecule is COc1ccc(N2CC(C(=O)Nc3ccc(S(=O)(=O)NCc4ccco4)cc3)CC2=O)cc1. The first-order chi connectivity index (χ1) is 15.9. The molecule has 0 radical (unpaired) electrons. The molecule has 2 aromatic carbocycles. The second-order valence-corrected chi connectivity index (χ2v) is 9.29. The Labute approximate surface area is 191 Å². The molecular formula is C23H23N3O6S. The van der Waals surface area contributed by atoms with Gasteiger partial charge in [0.25, 0.3) is 0 Å². The normalized spacial score (nSPS) is 16.1. The van der Waals surface area contributed by atoms with E-state index >= 15 is 0 Å². The molecule has 0 saturated carbocycles. The van der Waals surface area contributed by atoms with E-state index in [0.717, 1.165) is 0 Å². The monoisotopic (exact) mass is 469 g/mol. The zero-order chi connectivity index (χ0) is 23.4. The lowest BCUT2D eigenvalue weighted by Gasteiger charge is -2.17. The molecule has 1 saturated heterocycles. The summed E-state index contributed by atoms with van der Waals surface area (Å²) in [6, 6.07) is 16.2. The molecule has 10 heteroatoms. The lowest BCUT2D eigenvalue weighted by molar-refractivity contribution is -0.122. The van der Waals surface area contributed by atoms with E-state index in [0.29, 0.717) is 22.9 Å². The number of hydrogen-bond donors (Lipinski definition) is 2. The van der Waals surface area contributed by atoms with Crippen LogP contribution in [0.2, 0.25) is 0 Å². The molecular weight excluding hydrogens is 446 g/mol. The van der Waals surface area contributed by atoms with Gasteiger partial charge in [-0.1, -0.05) is 0 Å². The van der Waals surface area contributed by atoms with E-state index in [1.807, 2.05) is 0 Å². The molecule has 1 fully saturated rings. The number of rotatable bonds is 8. The third-order valence-corrected chi connectivity index (χ3v) is 6.75.